The lowest BCUT2D eigenvalue weighted by molar-refractivity contribution is -0.147. The number of aliphatic carboxylic acids is 1. The van der Waals surface area contributed by atoms with E-state index in [1.165, 1.54) is 0 Å². The summed E-state index contributed by atoms with van der Waals surface area (Å²) in [4.78, 5) is 22.0. The molecule has 1 rings (SSSR count). The lowest BCUT2D eigenvalue weighted by Gasteiger charge is -2.23. The molecule has 0 aromatic heterocycles. The number of hydrogen-bond acceptors (Lipinski definition) is 5. The first kappa shape index (κ1) is 16.9. The van der Waals surface area contributed by atoms with Crippen molar-refractivity contribution in [3.05, 3.63) is 0 Å². The Labute approximate surface area is 118 Å². The van der Waals surface area contributed by atoms with E-state index in [2.05, 4.69) is 9.46 Å². The van der Waals surface area contributed by atoms with Crippen molar-refractivity contribution in [1.29, 1.82) is 0 Å². The van der Waals surface area contributed by atoms with Crippen molar-refractivity contribution in [2.75, 3.05) is 7.11 Å². The SMILES string of the molecule is COC(=O)C[C@H](NS(=O)(=O)NC1CCCCC1)C(=O)O. The van der Waals surface area contributed by atoms with Gasteiger partial charge in [-0.15, -0.1) is 0 Å². The molecule has 3 N–H and O–H groups in total. The van der Waals surface area contributed by atoms with Crippen LogP contribution in [0, 0.1) is 0 Å². The molecule has 0 bridgehead atoms. The molecule has 1 saturated carbocycles. The third-order valence-electron chi connectivity index (χ3n) is 3.12. The first-order valence-electron chi connectivity index (χ1n) is 6.43. The van der Waals surface area contributed by atoms with Crippen molar-refractivity contribution >= 4 is 22.1 Å². The van der Waals surface area contributed by atoms with E-state index < -0.39 is 34.6 Å². The highest BCUT2D eigenvalue weighted by Crippen LogP contribution is 2.17. The molecule has 1 fully saturated rings. The fourth-order valence-corrected chi connectivity index (χ4v) is 3.39. The van der Waals surface area contributed by atoms with Crippen LogP contribution in [0.25, 0.3) is 0 Å². The Kier molecular flexibility index (Phi) is 6.37. The number of carboxylic acids is 1. The van der Waals surface area contributed by atoms with Gasteiger partial charge >= 0.3 is 11.9 Å². The van der Waals surface area contributed by atoms with Crippen molar-refractivity contribution in [1.82, 2.24) is 9.44 Å². The van der Waals surface area contributed by atoms with Crippen LogP contribution < -0.4 is 9.44 Å². The summed E-state index contributed by atoms with van der Waals surface area (Å²) in [5, 5.41) is 8.92. The van der Waals surface area contributed by atoms with Crippen LogP contribution in [0.4, 0.5) is 0 Å². The van der Waals surface area contributed by atoms with Crippen molar-refractivity contribution in [2.45, 2.75) is 50.6 Å². The van der Waals surface area contributed by atoms with E-state index in [1.54, 1.807) is 0 Å². The Morgan fingerprint density at radius 1 is 1.30 bits per heavy atom. The van der Waals surface area contributed by atoms with E-state index in [1.807, 2.05) is 4.72 Å². The van der Waals surface area contributed by atoms with Gasteiger partial charge in [-0.3, -0.25) is 9.59 Å². The number of carbonyl (C=O) groups is 2. The molecule has 1 atom stereocenters. The maximum absolute atomic E-state index is 11.8. The Hall–Kier alpha value is -1.19. The highest BCUT2D eigenvalue weighted by atomic mass is 32.2. The second kappa shape index (κ2) is 7.55. The number of carboxylic acid groups (broad SMARTS) is 1. The van der Waals surface area contributed by atoms with E-state index >= 15 is 0 Å². The number of nitrogens with one attached hydrogen (secondary N) is 2. The summed E-state index contributed by atoms with van der Waals surface area (Å²) in [6.45, 7) is 0. The molecule has 0 aromatic carbocycles. The van der Waals surface area contributed by atoms with Gasteiger partial charge in [-0.1, -0.05) is 19.3 Å². The Morgan fingerprint density at radius 3 is 2.40 bits per heavy atom. The van der Waals surface area contributed by atoms with Gasteiger partial charge in [-0.05, 0) is 12.8 Å². The molecule has 0 unspecified atom stereocenters. The van der Waals surface area contributed by atoms with Gasteiger partial charge in [0, 0.05) is 6.04 Å². The van der Waals surface area contributed by atoms with Gasteiger partial charge in [0.1, 0.15) is 6.04 Å². The zero-order valence-corrected chi connectivity index (χ0v) is 12.1. The number of hydrogen-bond donors (Lipinski definition) is 3. The molecule has 0 saturated heterocycles. The lowest BCUT2D eigenvalue weighted by Crippen LogP contribution is -2.50. The lowest BCUT2D eigenvalue weighted by atomic mass is 9.96. The molecule has 1 aliphatic rings. The third-order valence-corrected chi connectivity index (χ3v) is 4.36. The fourth-order valence-electron chi connectivity index (χ4n) is 2.09. The predicted molar refractivity (Wildman–Crippen MR) is 70.1 cm³/mol. The molecule has 1 aliphatic carbocycles. The molecular formula is C11H20N2O6S. The van der Waals surface area contributed by atoms with Gasteiger partial charge < -0.3 is 9.84 Å². The average Bonchev–Trinajstić information content (AvgIpc) is 2.38. The second-order valence-corrected chi connectivity index (χ2v) is 6.22. The molecule has 0 amide bonds. The van der Waals surface area contributed by atoms with Gasteiger partial charge in [0.05, 0.1) is 13.5 Å². The second-order valence-electron chi connectivity index (χ2n) is 4.75. The van der Waals surface area contributed by atoms with E-state index in [9.17, 15) is 18.0 Å². The Morgan fingerprint density at radius 2 is 1.90 bits per heavy atom. The van der Waals surface area contributed by atoms with E-state index in [4.69, 9.17) is 5.11 Å². The molecule has 0 aromatic rings. The third kappa shape index (κ3) is 5.85. The summed E-state index contributed by atoms with van der Waals surface area (Å²) < 4.78 is 32.4. The monoisotopic (exact) mass is 308 g/mol. The largest absolute Gasteiger partial charge is 0.480 e. The first-order valence-corrected chi connectivity index (χ1v) is 7.91. The quantitative estimate of drug-likeness (QED) is 0.558. The van der Waals surface area contributed by atoms with Crippen molar-refractivity contribution in [2.24, 2.45) is 0 Å². The maximum Gasteiger partial charge on any atom is 0.322 e. The topological polar surface area (TPSA) is 122 Å². The Bertz CT molecular complexity index is 444. The van der Waals surface area contributed by atoms with Crippen molar-refractivity contribution < 1.29 is 27.9 Å². The smallest absolute Gasteiger partial charge is 0.322 e. The molecule has 20 heavy (non-hydrogen) atoms. The fraction of sp³-hybridized carbons (Fsp3) is 0.818. The average molecular weight is 308 g/mol. The Balaban J connectivity index is 2.60. The van der Waals surface area contributed by atoms with E-state index in [0.29, 0.717) is 0 Å². The zero-order valence-electron chi connectivity index (χ0n) is 11.3. The van der Waals surface area contributed by atoms with Gasteiger partial charge in [0.2, 0.25) is 0 Å². The predicted octanol–water partition coefficient (Wildman–Crippen LogP) is -0.241. The van der Waals surface area contributed by atoms with Crippen LogP contribution in [0.1, 0.15) is 38.5 Å². The van der Waals surface area contributed by atoms with Crippen LogP contribution in [0.2, 0.25) is 0 Å². The summed E-state index contributed by atoms with van der Waals surface area (Å²) >= 11 is 0. The minimum atomic E-state index is -3.97. The highest BCUT2D eigenvalue weighted by molar-refractivity contribution is 7.87. The van der Waals surface area contributed by atoms with E-state index in [0.717, 1.165) is 39.2 Å². The van der Waals surface area contributed by atoms with Gasteiger partial charge in [0.25, 0.3) is 10.2 Å². The molecule has 0 aliphatic heterocycles. The maximum atomic E-state index is 11.8. The molecule has 0 spiro atoms. The molecular weight excluding hydrogens is 288 g/mol. The summed E-state index contributed by atoms with van der Waals surface area (Å²) in [6.07, 6.45) is 3.86. The number of ether oxygens (including phenoxy) is 1. The number of esters is 1. The minimum Gasteiger partial charge on any atom is -0.480 e. The number of carbonyl (C=O) groups excluding carboxylic acids is 1. The first-order chi connectivity index (χ1) is 9.34. The summed E-state index contributed by atoms with van der Waals surface area (Å²) in [5.41, 5.74) is 0. The normalized spacial score (nSPS) is 18.4. The molecule has 0 radical (unpaired) electrons. The van der Waals surface area contributed by atoms with Gasteiger partial charge in [-0.2, -0.15) is 17.9 Å². The van der Waals surface area contributed by atoms with Gasteiger partial charge in [-0.25, -0.2) is 0 Å². The van der Waals surface area contributed by atoms with Gasteiger partial charge in [0.15, 0.2) is 0 Å². The van der Waals surface area contributed by atoms with Crippen LogP contribution in [0.15, 0.2) is 0 Å². The molecule has 9 heteroatoms. The van der Waals surface area contributed by atoms with Crippen LogP contribution in [-0.2, 0) is 24.5 Å². The highest BCUT2D eigenvalue weighted by Gasteiger charge is 2.28. The van der Waals surface area contributed by atoms with Crippen molar-refractivity contribution in [3.63, 3.8) is 0 Å². The summed E-state index contributed by atoms with van der Waals surface area (Å²) in [7, 11) is -2.86. The summed E-state index contributed by atoms with van der Waals surface area (Å²) in [5.74, 6) is -2.22. The molecule has 0 heterocycles. The standard InChI is InChI=1S/C11H20N2O6S/c1-19-10(14)7-9(11(15)16)13-20(17,18)12-8-5-3-2-4-6-8/h8-9,12-13H,2-7H2,1H3,(H,15,16)/t9-/m0/s1. The number of methoxy groups -OCH3 is 1. The van der Waals surface area contributed by atoms with E-state index in [-0.39, 0.29) is 6.04 Å². The minimum absolute atomic E-state index is 0.186. The van der Waals surface area contributed by atoms with Crippen LogP contribution in [0.3, 0.4) is 0 Å². The molecule has 8 nitrogen and oxygen atoms in total. The molecule has 116 valence electrons. The van der Waals surface area contributed by atoms with Crippen molar-refractivity contribution in [3.8, 4) is 0 Å². The number of rotatable bonds is 7. The van der Waals surface area contributed by atoms with Crippen LogP contribution >= 0.6 is 0 Å². The zero-order chi connectivity index (χ0) is 15.2. The summed E-state index contributed by atoms with van der Waals surface area (Å²) in [6, 6.07) is -1.72. The van der Waals surface area contributed by atoms with Crippen LogP contribution in [-0.4, -0.2) is 44.7 Å². The van der Waals surface area contributed by atoms with Crippen LogP contribution in [0.5, 0.6) is 0 Å².